The smallest absolute Gasteiger partial charge is 0.333 e. The Balaban J connectivity index is 2.08. The summed E-state index contributed by atoms with van der Waals surface area (Å²) in [7, 11) is -4.37. The van der Waals surface area contributed by atoms with E-state index in [1.165, 1.54) is 0 Å². The average Bonchev–Trinajstić information content (AvgIpc) is 2.82. The Morgan fingerprint density at radius 1 is 1.00 bits per heavy atom. The quantitative estimate of drug-likeness (QED) is 0.240. The molecule has 10 heteroatoms. The predicted octanol–water partition coefficient (Wildman–Crippen LogP) is 2.76. The van der Waals surface area contributed by atoms with Gasteiger partial charge in [-0.05, 0) is 23.5 Å². The lowest BCUT2D eigenvalue weighted by Gasteiger charge is -2.25. The number of carboxylic acid groups (broad SMARTS) is 1. The van der Waals surface area contributed by atoms with Gasteiger partial charge in [-0.3, -0.25) is 9.36 Å². The van der Waals surface area contributed by atoms with E-state index in [1.807, 2.05) is 13.8 Å². The van der Waals surface area contributed by atoms with Crippen LogP contribution in [0.2, 0.25) is 0 Å². The number of rotatable bonds is 13. The topological polar surface area (TPSA) is 156 Å². The molecule has 2 aromatic carbocycles. The first kappa shape index (κ1) is 28.2. The molecular formula is C25H33N2O7P. The first-order valence-electron chi connectivity index (χ1n) is 11.3. The fourth-order valence-electron chi connectivity index (χ4n) is 3.58. The Hall–Kier alpha value is -3.00. The van der Waals surface area contributed by atoms with Crippen molar-refractivity contribution < 1.29 is 33.7 Å². The van der Waals surface area contributed by atoms with Crippen LogP contribution in [0.25, 0.3) is 0 Å². The number of carbonyl (C=O) groups excluding carboxylic acids is 2. The number of esters is 1. The van der Waals surface area contributed by atoms with Crippen molar-refractivity contribution in [2.24, 2.45) is 17.6 Å². The molecular weight excluding hydrogens is 471 g/mol. The standard InChI is InChI=1S/C25H33N2O7P/c1-17(2)13-20(23(28)27-21(24(29)30)14-18-9-5-3-6-10-18)16-35(32,33)22(26)25(31)34-15-19-11-7-4-8-12-19/h3-12,17,20-22H,13-16,26H2,1-2H3,(H,27,28)(H,29,30)(H,32,33). The molecule has 9 nitrogen and oxygen atoms in total. The first-order valence-corrected chi connectivity index (χ1v) is 13.3. The summed E-state index contributed by atoms with van der Waals surface area (Å²) < 4.78 is 18.1. The highest BCUT2D eigenvalue weighted by Crippen LogP contribution is 2.47. The van der Waals surface area contributed by atoms with E-state index in [2.05, 4.69) is 5.32 Å². The Kier molecular flexibility index (Phi) is 10.6. The molecule has 0 saturated carbocycles. The number of nitrogens with two attached hydrogens (primary N) is 1. The Morgan fingerprint density at radius 2 is 1.54 bits per heavy atom. The van der Waals surface area contributed by atoms with Gasteiger partial charge < -0.3 is 25.8 Å². The predicted molar refractivity (Wildman–Crippen MR) is 132 cm³/mol. The zero-order valence-electron chi connectivity index (χ0n) is 19.9. The number of nitrogens with one attached hydrogen (secondary N) is 1. The molecule has 5 N–H and O–H groups in total. The van der Waals surface area contributed by atoms with Gasteiger partial charge in [-0.15, -0.1) is 0 Å². The van der Waals surface area contributed by atoms with Crippen molar-refractivity contribution in [1.82, 2.24) is 5.32 Å². The third-order valence-corrected chi connectivity index (χ3v) is 7.45. The number of aliphatic carboxylic acids is 1. The molecule has 0 saturated heterocycles. The second-order valence-electron chi connectivity index (χ2n) is 8.89. The van der Waals surface area contributed by atoms with Crippen LogP contribution in [0.15, 0.2) is 60.7 Å². The van der Waals surface area contributed by atoms with Crippen molar-refractivity contribution in [3.63, 3.8) is 0 Å². The molecule has 190 valence electrons. The third kappa shape index (κ3) is 9.28. The van der Waals surface area contributed by atoms with Crippen LogP contribution in [0, 0.1) is 11.8 Å². The number of hydrogen-bond acceptors (Lipinski definition) is 6. The van der Waals surface area contributed by atoms with E-state index in [0.717, 1.165) is 5.56 Å². The minimum atomic E-state index is -4.37. The maximum absolute atomic E-state index is 13.0. The van der Waals surface area contributed by atoms with Gasteiger partial charge >= 0.3 is 11.9 Å². The lowest BCUT2D eigenvalue weighted by molar-refractivity contribution is -0.144. The summed E-state index contributed by atoms with van der Waals surface area (Å²) in [5.41, 5.74) is 7.19. The normalized spacial score (nSPS) is 15.5. The molecule has 0 fully saturated rings. The average molecular weight is 505 g/mol. The molecule has 0 bridgehead atoms. The monoisotopic (exact) mass is 504 g/mol. The second kappa shape index (κ2) is 13.2. The fraction of sp³-hybridized carbons (Fsp3) is 0.400. The second-order valence-corrected chi connectivity index (χ2v) is 11.3. The molecule has 0 radical (unpaired) electrons. The van der Waals surface area contributed by atoms with Crippen LogP contribution in [0.5, 0.6) is 0 Å². The van der Waals surface area contributed by atoms with Crippen molar-refractivity contribution in [3.8, 4) is 0 Å². The lowest BCUT2D eigenvalue weighted by Crippen LogP contribution is -2.46. The Bertz CT molecular complexity index is 1030. The molecule has 0 heterocycles. The Labute approximate surface area is 205 Å². The summed E-state index contributed by atoms with van der Waals surface area (Å²) in [6.45, 7) is 3.55. The van der Waals surface area contributed by atoms with E-state index in [9.17, 15) is 28.9 Å². The van der Waals surface area contributed by atoms with E-state index in [1.54, 1.807) is 60.7 Å². The number of hydrogen-bond donors (Lipinski definition) is 4. The van der Waals surface area contributed by atoms with Gasteiger partial charge in [0.2, 0.25) is 13.3 Å². The van der Waals surface area contributed by atoms with Gasteiger partial charge in [-0.25, -0.2) is 9.59 Å². The molecule has 0 aliphatic carbocycles. The van der Waals surface area contributed by atoms with Crippen molar-refractivity contribution in [2.45, 2.75) is 45.1 Å². The summed E-state index contributed by atoms with van der Waals surface area (Å²) in [6.07, 6.45) is -0.311. The minimum absolute atomic E-state index is 0.0376. The summed E-state index contributed by atoms with van der Waals surface area (Å²) in [5, 5.41) is 12.1. The highest BCUT2D eigenvalue weighted by Gasteiger charge is 2.40. The third-order valence-electron chi connectivity index (χ3n) is 5.41. The summed E-state index contributed by atoms with van der Waals surface area (Å²) >= 11 is 0. The highest BCUT2D eigenvalue weighted by atomic mass is 31.2. The van der Waals surface area contributed by atoms with Crippen molar-refractivity contribution >= 4 is 25.2 Å². The van der Waals surface area contributed by atoms with Crippen molar-refractivity contribution in [3.05, 3.63) is 71.8 Å². The van der Waals surface area contributed by atoms with Gasteiger partial charge in [0.1, 0.15) is 12.6 Å². The molecule has 1 amide bonds. The molecule has 2 rings (SSSR count). The van der Waals surface area contributed by atoms with Crippen molar-refractivity contribution in [1.29, 1.82) is 0 Å². The number of carbonyl (C=O) groups is 3. The number of carboxylic acids is 1. The zero-order chi connectivity index (χ0) is 26.0. The van der Waals surface area contributed by atoms with E-state index >= 15 is 0 Å². The zero-order valence-corrected chi connectivity index (χ0v) is 20.8. The van der Waals surface area contributed by atoms with Gasteiger partial charge in [0.15, 0.2) is 5.78 Å². The number of benzene rings is 2. The summed E-state index contributed by atoms with van der Waals surface area (Å²) in [4.78, 5) is 47.7. The number of ether oxygens (including phenoxy) is 1. The van der Waals surface area contributed by atoms with E-state index in [4.69, 9.17) is 10.5 Å². The molecule has 35 heavy (non-hydrogen) atoms. The van der Waals surface area contributed by atoms with Gasteiger partial charge in [0.05, 0.1) is 0 Å². The largest absolute Gasteiger partial charge is 0.480 e. The number of amides is 1. The van der Waals surface area contributed by atoms with Gasteiger partial charge in [-0.2, -0.15) is 0 Å². The molecule has 4 atom stereocenters. The minimum Gasteiger partial charge on any atom is -0.480 e. The van der Waals surface area contributed by atoms with Crippen LogP contribution in [-0.2, 0) is 36.7 Å². The lowest BCUT2D eigenvalue weighted by atomic mass is 9.97. The first-order chi connectivity index (χ1) is 16.5. The maximum atomic E-state index is 13.0. The highest BCUT2D eigenvalue weighted by molar-refractivity contribution is 7.59. The van der Waals surface area contributed by atoms with Gasteiger partial charge in [-0.1, -0.05) is 74.5 Å². The molecule has 0 aromatic heterocycles. The van der Waals surface area contributed by atoms with Crippen molar-refractivity contribution in [2.75, 3.05) is 6.16 Å². The van der Waals surface area contributed by atoms with Crippen LogP contribution < -0.4 is 11.1 Å². The van der Waals surface area contributed by atoms with Crippen LogP contribution in [0.1, 0.15) is 31.4 Å². The summed E-state index contributed by atoms with van der Waals surface area (Å²) in [6, 6.07) is 16.4. The summed E-state index contributed by atoms with van der Waals surface area (Å²) in [5.74, 6) is -5.83. The molecule has 2 aromatic rings. The molecule has 4 unspecified atom stereocenters. The molecule has 0 aliphatic rings. The Morgan fingerprint density at radius 3 is 2.06 bits per heavy atom. The van der Waals surface area contributed by atoms with E-state index < -0.39 is 49.1 Å². The SMILES string of the molecule is CC(C)CC(CP(=O)(O)C(N)C(=O)OCc1ccccc1)C(=O)NC(Cc1ccccc1)C(=O)O. The molecule has 0 aliphatic heterocycles. The fourth-order valence-corrected chi connectivity index (χ4v) is 5.16. The maximum Gasteiger partial charge on any atom is 0.333 e. The van der Waals surface area contributed by atoms with Crippen LogP contribution >= 0.6 is 7.37 Å². The van der Waals surface area contributed by atoms with Gasteiger partial charge in [0.25, 0.3) is 0 Å². The van der Waals surface area contributed by atoms with Crippen LogP contribution in [0.3, 0.4) is 0 Å². The van der Waals surface area contributed by atoms with E-state index in [0.29, 0.717) is 5.56 Å². The van der Waals surface area contributed by atoms with E-state index in [-0.39, 0.29) is 25.4 Å². The van der Waals surface area contributed by atoms with Gasteiger partial charge in [0, 0.05) is 18.5 Å². The molecule has 0 spiro atoms. The van der Waals surface area contributed by atoms with Crippen LogP contribution in [0.4, 0.5) is 0 Å². The van der Waals surface area contributed by atoms with Crippen LogP contribution in [-0.4, -0.2) is 45.8 Å².